The standard InChI is InChI=1S/C31H32N2O4S/c1-23-13-18-28(21-24(23)2)37-20-19-32-31(34)27-16-14-25(15-17-27)22-33(38(3,35)36)30-12-8-7-11-29(30)26-9-5-4-6-10-26/h4-18,21H,19-20,22H2,1-3H3,(H,32,34). The monoisotopic (exact) mass is 528 g/mol. The first-order valence-electron chi connectivity index (χ1n) is 12.4. The van der Waals surface area contributed by atoms with E-state index in [2.05, 4.69) is 5.32 Å². The minimum Gasteiger partial charge on any atom is -0.492 e. The number of amides is 1. The number of benzene rings is 4. The highest BCUT2D eigenvalue weighted by Crippen LogP contribution is 2.33. The highest BCUT2D eigenvalue weighted by atomic mass is 32.2. The molecular weight excluding hydrogens is 496 g/mol. The molecule has 1 amide bonds. The molecule has 0 saturated carbocycles. The first kappa shape index (κ1) is 26.9. The van der Waals surface area contributed by atoms with Crippen LogP contribution in [0.5, 0.6) is 5.75 Å². The number of nitrogens with zero attached hydrogens (tertiary/aromatic N) is 1. The molecule has 0 aliphatic heterocycles. The van der Waals surface area contributed by atoms with Crippen molar-refractivity contribution in [2.24, 2.45) is 0 Å². The summed E-state index contributed by atoms with van der Waals surface area (Å²) in [5.41, 5.74) is 6.00. The number of anilines is 1. The molecule has 1 N–H and O–H groups in total. The molecule has 0 aliphatic carbocycles. The predicted octanol–water partition coefficient (Wildman–Crippen LogP) is 5.75. The Labute approximate surface area is 225 Å². The average molecular weight is 529 g/mol. The fourth-order valence-corrected chi connectivity index (χ4v) is 5.00. The average Bonchev–Trinajstić information content (AvgIpc) is 2.92. The Bertz CT molecular complexity index is 1500. The molecule has 0 spiro atoms. The van der Waals surface area contributed by atoms with Gasteiger partial charge in [-0.2, -0.15) is 0 Å². The number of hydrogen-bond acceptors (Lipinski definition) is 4. The molecule has 4 rings (SSSR count). The summed E-state index contributed by atoms with van der Waals surface area (Å²) in [6.07, 6.45) is 1.20. The van der Waals surface area contributed by atoms with E-state index in [-0.39, 0.29) is 12.5 Å². The van der Waals surface area contributed by atoms with Gasteiger partial charge < -0.3 is 10.1 Å². The summed E-state index contributed by atoms with van der Waals surface area (Å²) in [6, 6.07) is 30.0. The van der Waals surface area contributed by atoms with Gasteiger partial charge in [-0.25, -0.2) is 8.42 Å². The van der Waals surface area contributed by atoms with Crippen molar-refractivity contribution >= 4 is 21.6 Å². The van der Waals surface area contributed by atoms with Crippen molar-refractivity contribution in [1.82, 2.24) is 5.32 Å². The minimum atomic E-state index is -3.58. The van der Waals surface area contributed by atoms with Crippen molar-refractivity contribution in [2.45, 2.75) is 20.4 Å². The van der Waals surface area contributed by atoms with Crippen LogP contribution in [0.2, 0.25) is 0 Å². The van der Waals surface area contributed by atoms with Crippen LogP contribution in [0, 0.1) is 13.8 Å². The third-order valence-corrected chi connectivity index (χ3v) is 7.46. The second kappa shape index (κ2) is 12.0. The molecule has 4 aromatic rings. The largest absolute Gasteiger partial charge is 0.492 e. The van der Waals surface area contributed by atoms with Crippen LogP contribution in [-0.4, -0.2) is 33.7 Å². The molecule has 0 fully saturated rings. The number of rotatable bonds is 10. The molecule has 0 aliphatic rings. The predicted molar refractivity (Wildman–Crippen MR) is 153 cm³/mol. The number of sulfonamides is 1. The smallest absolute Gasteiger partial charge is 0.251 e. The van der Waals surface area contributed by atoms with Gasteiger partial charge in [0.15, 0.2) is 0 Å². The molecule has 0 heterocycles. The number of hydrogen-bond donors (Lipinski definition) is 1. The number of ether oxygens (including phenoxy) is 1. The van der Waals surface area contributed by atoms with Crippen LogP contribution in [0.3, 0.4) is 0 Å². The lowest BCUT2D eigenvalue weighted by Gasteiger charge is -2.25. The lowest BCUT2D eigenvalue weighted by Crippen LogP contribution is -2.30. The van der Waals surface area contributed by atoms with Gasteiger partial charge in [-0.15, -0.1) is 0 Å². The normalized spacial score (nSPS) is 11.1. The van der Waals surface area contributed by atoms with Crippen LogP contribution in [0.4, 0.5) is 5.69 Å². The van der Waals surface area contributed by atoms with Crippen LogP contribution >= 0.6 is 0 Å². The third-order valence-electron chi connectivity index (χ3n) is 6.33. The van der Waals surface area contributed by atoms with Crippen LogP contribution in [-0.2, 0) is 16.6 Å². The Kier molecular flexibility index (Phi) is 8.48. The lowest BCUT2D eigenvalue weighted by molar-refractivity contribution is 0.0947. The van der Waals surface area contributed by atoms with E-state index in [9.17, 15) is 13.2 Å². The second-order valence-electron chi connectivity index (χ2n) is 9.20. The second-order valence-corrected chi connectivity index (χ2v) is 11.1. The van der Waals surface area contributed by atoms with Crippen LogP contribution in [0.25, 0.3) is 11.1 Å². The molecule has 0 atom stereocenters. The first-order valence-corrected chi connectivity index (χ1v) is 14.3. The molecule has 0 unspecified atom stereocenters. The van der Waals surface area contributed by atoms with Crippen LogP contribution in [0.1, 0.15) is 27.0 Å². The van der Waals surface area contributed by atoms with E-state index in [0.29, 0.717) is 24.4 Å². The number of para-hydroxylation sites is 1. The highest BCUT2D eigenvalue weighted by molar-refractivity contribution is 7.92. The van der Waals surface area contributed by atoms with Gasteiger partial charge >= 0.3 is 0 Å². The van der Waals surface area contributed by atoms with E-state index in [4.69, 9.17) is 4.74 Å². The van der Waals surface area contributed by atoms with Crippen molar-refractivity contribution in [2.75, 3.05) is 23.7 Å². The molecule has 196 valence electrons. The molecule has 0 saturated heterocycles. The fraction of sp³-hybridized carbons (Fsp3) is 0.194. The van der Waals surface area contributed by atoms with Gasteiger partial charge in [0.1, 0.15) is 12.4 Å². The fourth-order valence-electron chi connectivity index (χ4n) is 4.10. The van der Waals surface area contributed by atoms with Crippen molar-refractivity contribution in [1.29, 1.82) is 0 Å². The molecule has 4 aromatic carbocycles. The topological polar surface area (TPSA) is 75.7 Å². The molecule has 6 nitrogen and oxygen atoms in total. The summed E-state index contributed by atoms with van der Waals surface area (Å²) >= 11 is 0. The maximum Gasteiger partial charge on any atom is 0.251 e. The SMILES string of the molecule is Cc1ccc(OCCNC(=O)c2ccc(CN(c3ccccc3-c3ccccc3)S(C)(=O)=O)cc2)cc1C. The minimum absolute atomic E-state index is 0.147. The van der Waals surface area contributed by atoms with Gasteiger partial charge in [0.2, 0.25) is 10.0 Å². The third kappa shape index (κ3) is 6.81. The number of carbonyl (C=O) groups excluding carboxylic acids is 1. The van der Waals surface area contributed by atoms with E-state index in [0.717, 1.165) is 28.0 Å². The zero-order chi connectivity index (χ0) is 27.1. The van der Waals surface area contributed by atoms with Crippen molar-refractivity contribution in [3.05, 3.63) is 119 Å². The Hall–Kier alpha value is -4.10. The van der Waals surface area contributed by atoms with Crippen molar-refractivity contribution in [3.63, 3.8) is 0 Å². The zero-order valence-electron chi connectivity index (χ0n) is 21.8. The van der Waals surface area contributed by atoms with Crippen LogP contribution < -0.4 is 14.4 Å². The zero-order valence-corrected chi connectivity index (χ0v) is 22.7. The van der Waals surface area contributed by atoms with Gasteiger partial charge in [0.25, 0.3) is 5.91 Å². The molecule has 38 heavy (non-hydrogen) atoms. The molecule has 0 aromatic heterocycles. The Morgan fingerprint density at radius 2 is 1.53 bits per heavy atom. The van der Waals surface area contributed by atoms with Gasteiger partial charge in [-0.3, -0.25) is 9.10 Å². The van der Waals surface area contributed by atoms with Crippen molar-refractivity contribution < 1.29 is 17.9 Å². The van der Waals surface area contributed by atoms with E-state index in [1.807, 2.05) is 86.6 Å². The Morgan fingerprint density at radius 3 is 2.21 bits per heavy atom. The van der Waals surface area contributed by atoms with Crippen molar-refractivity contribution in [3.8, 4) is 16.9 Å². The highest BCUT2D eigenvalue weighted by Gasteiger charge is 2.21. The Morgan fingerprint density at radius 1 is 0.842 bits per heavy atom. The van der Waals surface area contributed by atoms with E-state index < -0.39 is 10.0 Å². The van der Waals surface area contributed by atoms with Gasteiger partial charge in [-0.1, -0.05) is 66.7 Å². The summed E-state index contributed by atoms with van der Waals surface area (Å²) < 4.78 is 32.8. The summed E-state index contributed by atoms with van der Waals surface area (Å²) in [6.45, 7) is 4.95. The number of nitrogens with one attached hydrogen (secondary N) is 1. The summed E-state index contributed by atoms with van der Waals surface area (Å²) in [5.74, 6) is 0.561. The quantitative estimate of drug-likeness (QED) is 0.266. The van der Waals surface area contributed by atoms with E-state index in [1.165, 1.54) is 16.1 Å². The lowest BCUT2D eigenvalue weighted by atomic mass is 10.0. The van der Waals surface area contributed by atoms with Gasteiger partial charge in [0.05, 0.1) is 25.0 Å². The number of carbonyl (C=O) groups is 1. The molecule has 0 bridgehead atoms. The summed E-state index contributed by atoms with van der Waals surface area (Å²) in [4.78, 5) is 12.6. The number of aryl methyl sites for hydroxylation is 2. The maximum atomic E-state index is 12.8. The maximum absolute atomic E-state index is 12.8. The van der Waals surface area contributed by atoms with Gasteiger partial charge in [-0.05, 0) is 66.4 Å². The molecule has 7 heteroatoms. The Balaban J connectivity index is 1.41. The summed E-state index contributed by atoms with van der Waals surface area (Å²) in [5, 5.41) is 2.86. The molecular formula is C31H32N2O4S. The molecule has 0 radical (unpaired) electrons. The first-order chi connectivity index (χ1) is 18.2. The van der Waals surface area contributed by atoms with Crippen LogP contribution in [0.15, 0.2) is 97.1 Å². The van der Waals surface area contributed by atoms with E-state index in [1.54, 1.807) is 24.3 Å². The van der Waals surface area contributed by atoms with E-state index >= 15 is 0 Å². The summed E-state index contributed by atoms with van der Waals surface area (Å²) in [7, 11) is -3.58. The van der Waals surface area contributed by atoms with Gasteiger partial charge in [0, 0.05) is 11.1 Å².